The van der Waals surface area contributed by atoms with Gasteiger partial charge in [0, 0.05) is 19.3 Å². The van der Waals surface area contributed by atoms with Crippen LogP contribution >= 0.6 is 0 Å². The lowest BCUT2D eigenvalue weighted by atomic mass is 9.71. The van der Waals surface area contributed by atoms with E-state index in [1.54, 1.807) is 13.0 Å². The maximum Gasteiger partial charge on any atom is 0.316 e. The smallest absolute Gasteiger partial charge is 0.316 e. The van der Waals surface area contributed by atoms with E-state index in [0.717, 1.165) is 32.1 Å². The highest BCUT2D eigenvalue weighted by Crippen LogP contribution is 2.46. The highest BCUT2D eigenvalue weighted by molar-refractivity contribution is 6.06. The third-order valence-corrected chi connectivity index (χ3v) is 9.45. The van der Waals surface area contributed by atoms with Crippen LogP contribution in [-0.4, -0.2) is 64.4 Å². The van der Waals surface area contributed by atoms with Crippen molar-refractivity contribution >= 4 is 11.7 Å². The molecule has 3 saturated heterocycles. The molecule has 5 rings (SSSR count). The van der Waals surface area contributed by atoms with Gasteiger partial charge in [-0.15, -0.1) is 0 Å². The molecule has 0 saturated carbocycles. The Morgan fingerprint density at radius 1 is 1.18 bits per heavy atom. The maximum absolute atomic E-state index is 13.9. The van der Waals surface area contributed by atoms with Crippen LogP contribution in [0.4, 0.5) is 0 Å². The summed E-state index contributed by atoms with van der Waals surface area (Å²) in [6.45, 7) is 10.5. The van der Waals surface area contributed by atoms with Crippen LogP contribution in [0.15, 0.2) is 52.3 Å². The quantitative estimate of drug-likeness (QED) is 0.193. The highest BCUT2D eigenvalue weighted by atomic mass is 16.7. The first kappa shape index (κ1) is 29.2. The second kappa shape index (κ2) is 11.6. The highest BCUT2D eigenvalue weighted by Gasteiger charge is 2.59. The van der Waals surface area contributed by atoms with Gasteiger partial charge < -0.3 is 29.3 Å². The molecule has 0 radical (unpaired) electrons. The molecule has 4 aliphatic heterocycles. The molecule has 2 N–H and O–H groups in total. The van der Waals surface area contributed by atoms with Gasteiger partial charge in [0.05, 0.1) is 18.8 Å². The summed E-state index contributed by atoms with van der Waals surface area (Å²) >= 11 is 0. The van der Waals surface area contributed by atoms with Gasteiger partial charge in [0.2, 0.25) is 0 Å². The Labute approximate surface area is 237 Å². The van der Waals surface area contributed by atoms with Crippen molar-refractivity contribution in [3.63, 3.8) is 0 Å². The molecule has 2 bridgehead atoms. The number of allylic oxidation sites excluding steroid dienone is 4. The van der Waals surface area contributed by atoms with Gasteiger partial charge in [-0.25, -0.2) is 0 Å². The second-order valence-corrected chi connectivity index (χ2v) is 12.6. The lowest BCUT2D eigenvalue weighted by Gasteiger charge is -2.49. The number of hydrogen-bond acceptors (Lipinski definition) is 8. The number of ether oxygens (including phenoxy) is 4. The van der Waals surface area contributed by atoms with Crippen LogP contribution in [0.2, 0.25) is 0 Å². The molecule has 8 nitrogen and oxygen atoms in total. The minimum atomic E-state index is -1.72. The van der Waals surface area contributed by atoms with E-state index in [0.29, 0.717) is 29.9 Å². The molecule has 40 heavy (non-hydrogen) atoms. The SMILES string of the molecule is CC[C@@H]1O[C@]2(CC[C@@H]1C)C[C@H]1C[C@@H](CC=C(C)C[C@H](C)C=CC=C3CO[C@@H]4C(=NO)C(C)=C[C@@H](C(=O)O1)[C@@]34O)O2. The van der Waals surface area contributed by atoms with Crippen molar-refractivity contribution in [2.45, 2.75) is 115 Å². The van der Waals surface area contributed by atoms with E-state index in [-0.39, 0.29) is 30.4 Å². The van der Waals surface area contributed by atoms with Gasteiger partial charge >= 0.3 is 5.97 Å². The van der Waals surface area contributed by atoms with E-state index in [1.807, 2.05) is 12.2 Å². The summed E-state index contributed by atoms with van der Waals surface area (Å²) in [6, 6.07) is 0. The number of nitrogens with zero attached hydrogens (tertiary/aromatic N) is 1. The first-order valence-corrected chi connectivity index (χ1v) is 14.9. The average molecular weight is 556 g/mol. The number of oxime groups is 1. The molecule has 220 valence electrons. The normalized spacial score (nSPS) is 43.5. The number of aliphatic hydroxyl groups is 1. The minimum absolute atomic E-state index is 0.0940. The van der Waals surface area contributed by atoms with Gasteiger partial charge in [-0.1, -0.05) is 61.9 Å². The maximum atomic E-state index is 13.9. The summed E-state index contributed by atoms with van der Waals surface area (Å²) in [5, 5.41) is 25.3. The van der Waals surface area contributed by atoms with Crippen molar-refractivity contribution in [2.24, 2.45) is 22.9 Å². The van der Waals surface area contributed by atoms with E-state index < -0.39 is 35.5 Å². The Balaban J connectivity index is 1.53. The zero-order valence-electron chi connectivity index (χ0n) is 24.5. The predicted octanol–water partition coefficient (Wildman–Crippen LogP) is 5.39. The summed E-state index contributed by atoms with van der Waals surface area (Å²) in [7, 11) is 0. The van der Waals surface area contributed by atoms with E-state index in [1.165, 1.54) is 5.57 Å². The Bertz CT molecular complexity index is 1140. The fraction of sp³-hybridized carbons (Fsp3) is 0.688. The van der Waals surface area contributed by atoms with Crippen molar-refractivity contribution in [2.75, 3.05) is 6.61 Å². The van der Waals surface area contributed by atoms with E-state index in [9.17, 15) is 15.1 Å². The zero-order chi connectivity index (χ0) is 28.7. The van der Waals surface area contributed by atoms with Crippen LogP contribution in [0.1, 0.15) is 79.6 Å². The van der Waals surface area contributed by atoms with Crippen LogP contribution in [0, 0.1) is 17.8 Å². The number of fused-ring (bicyclic) bond motifs is 2. The van der Waals surface area contributed by atoms with Crippen molar-refractivity contribution in [1.82, 2.24) is 0 Å². The lowest BCUT2D eigenvalue weighted by Crippen LogP contribution is -2.57. The fourth-order valence-electron chi connectivity index (χ4n) is 7.22. The third kappa shape index (κ3) is 5.48. The zero-order valence-corrected chi connectivity index (χ0v) is 24.5. The topological polar surface area (TPSA) is 107 Å². The molecule has 9 atom stereocenters. The molecule has 0 aromatic rings. The standard InChI is InChI=1S/C32H45NO7/c1-6-27-21(4)12-13-31(40-27)17-25-16-24(39-31)11-10-20(3)14-19(2)8-7-9-23-18-37-29-28(33-36)22(5)15-26(30(34)38-25)32(23,29)35/h7-10,15,19,21,24-27,29,35-36H,6,11-14,16-18H2,1-5H3/t19-,21+,24-,25-,26+,27+,29-,31-,32+/m1/s1. The van der Waals surface area contributed by atoms with Gasteiger partial charge in [0.15, 0.2) is 5.79 Å². The van der Waals surface area contributed by atoms with E-state index in [4.69, 9.17) is 18.9 Å². The summed E-state index contributed by atoms with van der Waals surface area (Å²) in [6.07, 6.45) is 13.6. The third-order valence-electron chi connectivity index (χ3n) is 9.45. The van der Waals surface area contributed by atoms with E-state index in [2.05, 4.69) is 45.0 Å². The van der Waals surface area contributed by atoms with Crippen LogP contribution in [0.3, 0.4) is 0 Å². The van der Waals surface area contributed by atoms with Crippen LogP contribution in [0.5, 0.6) is 0 Å². The number of hydrogen-bond donors (Lipinski definition) is 2. The molecular formula is C32H45NO7. The van der Waals surface area contributed by atoms with Crippen molar-refractivity contribution in [3.05, 3.63) is 47.1 Å². The molecule has 0 unspecified atom stereocenters. The minimum Gasteiger partial charge on any atom is -0.462 e. The molecule has 1 aliphatic carbocycles. The van der Waals surface area contributed by atoms with Crippen molar-refractivity contribution in [1.29, 1.82) is 0 Å². The number of carbonyl (C=O) groups is 1. The van der Waals surface area contributed by atoms with Crippen LogP contribution < -0.4 is 0 Å². The Morgan fingerprint density at radius 3 is 2.73 bits per heavy atom. The predicted molar refractivity (Wildman–Crippen MR) is 151 cm³/mol. The molecule has 0 aromatic heterocycles. The van der Waals surface area contributed by atoms with Crippen molar-refractivity contribution < 1.29 is 34.1 Å². The van der Waals surface area contributed by atoms with Gasteiger partial charge in [-0.3, -0.25) is 4.79 Å². The summed E-state index contributed by atoms with van der Waals surface area (Å²) in [4.78, 5) is 13.9. The molecular weight excluding hydrogens is 510 g/mol. The van der Waals surface area contributed by atoms with Gasteiger partial charge in [0.25, 0.3) is 0 Å². The van der Waals surface area contributed by atoms with Crippen molar-refractivity contribution in [3.8, 4) is 0 Å². The summed E-state index contributed by atoms with van der Waals surface area (Å²) in [5.74, 6) is -1.60. The molecule has 0 aromatic carbocycles. The molecule has 5 aliphatic rings. The van der Waals surface area contributed by atoms with Gasteiger partial charge in [0.1, 0.15) is 29.4 Å². The van der Waals surface area contributed by atoms with Crippen LogP contribution in [-0.2, 0) is 23.7 Å². The first-order chi connectivity index (χ1) is 19.1. The molecule has 8 heteroatoms. The largest absolute Gasteiger partial charge is 0.462 e. The number of esters is 1. The summed E-state index contributed by atoms with van der Waals surface area (Å²) < 4.78 is 25.5. The molecule has 4 heterocycles. The molecule has 3 fully saturated rings. The first-order valence-electron chi connectivity index (χ1n) is 14.9. The van der Waals surface area contributed by atoms with Gasteiger partial charge in [-0.2, -0.15) is 0 Å². The molecule has 0 amide bonds. The Morgan fingerprint density at radius 2 is 1.98 bits per heavy atom. The van der Waals surface area contributed by atoms with E-state index >= 15 is 0 Å². The van der Waals surface area contributed by atoms with Crippen LogP contribution in [0.25, 0.3) is 0 Å². The average Bonchev–Trinajstić information content (AvgIpc) is 3.24. The Hall–Kier alpha value is -2.26. The Kier molecular flexibility index (Phi) is 8.44. The molecule has 1 spiro atoms. The fourth-order valence-corrected chi connectivity index (χ4v) is 7.22. The number of carbonyl (C=O) groups excluding carboxylic acids is 1. The lowest BCUT2D eigenvalue weighted by molar-refractivity contribution is -0.335. The number of rotatable bonds is 1. The summed E-state index contributed by atoms with van der Waals surface area (Å²) in [5.41, 5.74) is 0.922. The second-order valence-electron chi connectivity index (χ2n) is 12.6. The monoisotopic (exact) mass is 555 g/mol. The van der Waals surface area contributed by atoms with Gasteiger partial charge in [-0.05, 0) is 62.5 Å².